The molecular formula is C16H14. The lowest BCUT2D eigenvalue weighted by Gasteiger charge is -2.02. The van der Waals surface area contributed by atoms with Crippen molar-refractivity contribution >= 4 is 0 Å². The van der Waals surface area contributed by atoms with Crippen molar-refractivity contribution in [2.75, 3.05) is 0 Å². The van der Waals surface area contributed by atoms with Gasteiger partial charge in [0.25, 0.3) is 0 Å². The normalized spacial score (nSPS) is 9.69. The maximum atomic E-state index is 5.31. The molecule has 0 bridgehead atoms. The molecular weight excluding hydrogens is 192 g/mol. The van der Waals surface area contributed by atoms with Gasteiger partial charge in [-0.05, 0) is 36.1 Å². The van der Waals surface area contributed by atoms with Crippen molar-refractivity contribution in [2.24, 2.45) is 0 Å². The van der Waals surface area contributed by atoms with Crippen LogP contribution in [0, 0.1) is 12.3 Å². The fourth-order valence-electron chi connectivity index (χ4n) is 1.70. The Hall–Kier alpha value is -2.00. The van der Waals surface area contributed by atoms with Crippen molar-refractivity contribution in [3.63, 3.8) is 0 Å². The monoisotopic (exact) mass is 206 g/mol. The molecule has 0 N–H and O–H groups in total. The summed E-state index contributed by atoms with van der Waals surface area (Å²) in [6, 6.07) is 18.8. The van der Waals surface area contributed by atoms with E-state index in [9.17, 15) is 0 Å². The maximum Gasteiger partial charge on any atom is 0.0242 e. The van der Waals surface area contributed by atoms with Crippen molar-refractivity contribution in [2.45, 2.75) is 12.8 Å². The SMILES string of the molecule is C#Cc1ccc(CCc2ccccc2)cc1. The Morgan fingerprint density at radius 3 is 1.88 bits per heavy atom. The van der Waals surface area contributed by atoms with Gasteiger partial charge in [0.15, 0.2) is 0 Å². The molecule has 78 valence electrons. The van der Waals surface area contributed by atoms with Crippen LogP contribution in [0.15, 0.2) is 54.6 Å². The molecule has 0 unspecified atom stereocenters. The van der Waals surface area contributed by atoms with E-state index < -0.39 is 0 Å². The summed E-state index contributed by atoms with van der Waals surface area (Å²) in [4.78, 5) is 0. The molecule has 0 amide bonds. The minimum atomic E-state index is 0.948. The van der Waals surface area contributed by atoms with Crippen LogP contribution in [0.2, 0.25) is 0 Å². The molecule has 2 aromatic rings. The fourth-order valence-corrected chi connectivity index (χ4v) is 1.70. The number of rotatable bonds is 3. The van der Waals surface area contributed by atoms with E-state index in [1.54, 1.807) is 0 Å². The van der Waals surface area contributed by atoms with Gasteiger partial charge in [-0.3, -0.25) is 0 Å². The second-order valence-electron chi connectivity index (χ2n) is 3.83. The van der Waals surface area contributed by atoms with Crippen molar-refractivity contribution < 1.29 is 0 Å². The summed E-state index contributed by atoms with van der Waals surface area (Å²) < 4.78 is 0. The van der Waals surface area contributed by atoms with E-state index in [1.165, 1.54) is 11.1 Å². The third-order valence-electron chi connectivity index (χ3n) is 2.67. The maximum absolute atomic E-state index is 5.31. The van der Waals surface area contributed by atoms with E-state index in [2.05, 4.69) is 42.3 Å². The topological polar surface area (TPSA) is 0 Å². The van der Waals surface area contributed by atoms with E-state index >= 15 is 0 Å². The molecule has 0 aliphatic carbocycles. The Morgan fingerprint density at radius 2 is 1.31 bits per heavy atom. The Labute approximate surface area is 96.9 Å². The average molecular weight is 206 g/mol. The third-order valence-corrected chi connectivity index (χ3v) is 2.67. The van der Waals surface area contributed by atoms with E-state index in [4.69, 9.17) is 6.42 Å². The van der Waals surface area contributed by atoms with E-state index in [1.807, 2.05) is 18.2 Å². The Morgan fingerprint density at radius 1 is 0.750 bits per heavy atom. The molecule has 0 aliphatic rings. The van der Waals surface area contributed by atoms with Crippen LogP contribution in [0.5, 0.6) is 0 Å². The summed E-state index contributed by atoms with van der Waals surface area (Å²) in [6.45, 7) is 0. The van der Waals surface area contributed by atoms with E-state index in [-0.39, 0.29) is 0 Å². The lowest BCUT2D eigenvalue weighted by Crippen LogP contribution is -1.90. The van der Waals surface area contributed by atoms with Crippen LogP contribution in [-0.4, -0.2) is 0 Å². The van der Waals surface area contributed by atoms with Crippen LogP contribution < -0.4 is 0 Å². The second-order valence-corrected chi connectivity index (χ2v) is 3.83. The number of hydrogen-bond acceptors (Lipinski definition) is 0. The first-order chi connectivity index (χ1) is 7.88. The smallest absolute Gasteiger partial charge is 0.0242 e. The zero-order chi connectivity index (χ0) is 11.2. The minimum absolute atomic E-state index is 0.948. The first-order valence-electron chi connectivity index (χ1n) is 5.48. The minimum Gasteiger partial charge on any atom is -0.115 e. The number of aryl methyl sites for hydroxylation is 2. The van der Waals surface area contributed by atoms with Gasteiger partial charge in [-0.15, -0.1) is 6.42 Å². The first kappa shape index (κ1) is 10.5. The zero-order valence-electron chi connectivity index (χ0n) is 9.19. The van der Waals surface area contributed by atoms with Gasteiger partial charge < -0.3 is 0 Å². The lowest BCUT2D eigenvalue weighted by atomic mass is 10.0. The molecule has 0 aliphatic heterocycles. The van der Waals surface area contributed by atoms with E-state index in [0.29, 0.717) is 0 Å². The van der Waals surface area contributed by atoms with Gasteiger partial charge in [0.05, 0.1) is 0 Å². The molecule has 0 fully saturated rings. The fraction of sp³-hybridized carbons (Fsp3) is 0.125. The molecule has 0 spiro atoms. The number of benzene rings is 2. The predicted octanol–water partition coefficient (Wildman–Crippen LogP) is 3.45. The Kier molecular flexibility index (Phi) is 3.41. The largest absolute Gasteiger partial charge is 0.115 e. The molecule has 0 heterocycles. The van der Waals surface area contributed by atoms with Gasteiger partial charge in [-0.25, -0.2) is 0 Å². The third kappa shape index (κ3) is 2.74. The first-order valence-corrected chi connectivity index (χ1v) is 5.48. The summed E-state index contributed by atoms with van der Waals surface area (Å²) >= 11 is 0. The number of hydrogen-bond donors (Lipinski definition) is 0. The van der Waals surface area contributed by atoms with Crippen molar-refractivity contribution in [3.8, 4) is 12.3 Å². The molecule has 2 aromatic carbocycles. The van der Waals surface area contributed by atoms with Gasteiger partial charge in [0, 0.05) is 5.56 Å². The van der Waals surface area contributed by atoms with E-state index in [0.717, 1.165) is 18.4 Å². The second kappa shape index (κ2) is 5.19. The Bertz CT molecular complexity index is 472. The highest BCUT2D eigenvalue weighted by Gasteiger charge is 1.95. The molecule has 0 heteroatoms. The van der Waals surface area contributed by atoms with Crippen LogP contribution >= 0.6 is 0 Å². The summed E-state index contributed by atoms with van der Waals surface area (Å²) in [5, 5.41) is 0. The highest BCUT2D eigenvalue weighted by molar-refractivity contribution is 5.34. The van der Waals surface area contributed by atoms with Crippen LogP contribution in [0.1, 0.15) is 16.7 Å². The highest BCUT2D eigenvalue weighted by atomic mass is 14.0. The average Bonchev–Trinajstić information content (AvgIpc) is 2.38. The van der Waals surface area contributed by atoms with Gasteiger partial charge >= 0.3 is 0 Å². The van der Waals surface area contributed by atoms with Crippen LogP contribution in [0.4, 0.5) is 0 Å². The van der Waals surface area contributed by atoms with Crippen molar-refractivity contribution in [3.05, 3.63) is 71.3 Å². The van der Waals surface area contributed by atoms with Crippen molar-refractivity contribution in [1.82, 2.24) is 0 Å². The molecule has 0 nitrogen and oxygen atoms in total. The number of terminal acetylenes is 1. The molecule has 0 atom stereocenters. The molecule has 16 heavy (non-hydrogen) atoms. The highest BCUT2D eigenvalue weighted by Crippen LogP contribution is 2.08. The lowest BCUT2D eigenvalue weighted by molar-refractivity contribution is 0.960. The summed E-state index contributed by atoms with van der Waals surface area (Å²) in [6.07, 6.45) is 7.46. The predicted molar refractivity (Wildman–Crippen MR) is 68.2 cm³/mol. The van der Waals surface area contributed by atoms with Crippen LogP contribution in [0.25, 0.3) is 0 Å². The Balaban J connectivity index is 1.98. The summed E-state index contributed by atoms with van der Waals surface area (Å²) in [5.41, 5.74) is 3.66. The van der Waals surface area contributed by atoms with Crippen molar-refractivity contribution in [1.29, 1.82) is 0 Å². The van der Waals surface area contributed by atoms with Gasteiger partial charge in [-0.1, -0.05) is 48.4 Å². The van der Waals surface area contributed by atoms with Crippen LogP contribution in [0.3, 0.4) is 0 Å². The van der Waals surface area contributed by atoms with Gasteiger partial charge in [0.1, 0.15) is 0 Å². The van der Waals surface area contributed by atoms with Gasteiger partial charge in [-0.2, -0.15) is 0 Å². The summed E-state index contributed by atoms with van der Waals surface area (Å²) in [7, 11) is 0. The molecule has 0 saturated heterocycles. The summed E-state index contributed by atoms with van der Waals surface area (Å²) in [5.74, 6) is 2.63. The van der Waals surface area contributed by atoms with Gasteiger partial charge in [0.2, 0.25) is 0 Å². The zero-order valence-corrected chi connectivity index (χ0v) is 9.19. The quantitative estimate of drug-likeness (QED) is 0.675. The van der Waals surface area contributed by atoms with Crippen LogP contribution in [-0.2, 0) is 12.8 Å². The molecule has 0 saturated carbocycles. The molecule has 0 aromatic heterocycles. The molecule has 2 rings (SSSR count). The molecule has 0 radical (unpaired) electrons. The standard InChI is InChI=1S/C16H14/c1-2-14-8-10-16(11-9-14)13-12-15-6-4-3-5-7-15/h1,3-11H,12-13H2.